The second-order valence-electron chi connectivity index (χ2n) is 11.7. The molecule has 0 saturated heterocycles. The van der Waals surface area contributed by atoms with E-state index in [1.54, 1.807) is 0 Å². The van der Waals surface area contributed by atoms with Crippen LogP contribution in [0.1, 0.15) is 0 Å². The highest BCUT2D eigenvalue weighted by atomic mass is 32.1. The fourth-order valence-corrected chi connectivity index (χ4v) is 8.42. The zero-order valence-corrected chi connectivity index (χ0v) is 25.0. The van der Waals surface area contributed by atoms with Gasteiger partial charge in [0.1, 0.15) is 11.2 Å². The second-order valence-corrected chi connectivity index (χ2v) is 12.7. The SMILES string of the molecule is c1ccc(-c2ccc3c4ccccc4n(-c4cccc5c4sc4cccc(-c6ccc7oc8ccccc8c7c6)c45)c3c2)cc1. The number of nitrogens with zero attached hydrogens (tertiary/aromatic N) is 1. The first kappa shape index (κ1) is 24.8. The molecule has 3 aromatic heterocycles. The van der Waals surface area contributed by atoms with Crippen molar-refractivity contribution in [3.05, 3.63) is 152 Å². The van der Waals surface area contributed by atoms with Gasteiger partial charge in [-0.15, -0.1) is 11.3 Å². The molecule has 210 valence electrons. The van der Waals surface area contributed by atoms with E-state index >= 15 is 0 Å². The second kappa shape index (κ2) is 9.43. The third-order valence-electron chi connectivity index (χ3n) is 9.21. The van der Waals surface area contributed by atoms with Crippen molar-refractivity contribution in [3.63, 3.8) is 0 Å². The molecule has 0 radical (unpaired) electrons. The number of thiophene rings is 1. The maximum atomic E-state index is 6.15. The van der Waals surface area contributed by atoms with Gasteiger partial charge in [0.15, 0.2) is 0 Å². The number of hydrogen-bond donors (Lipinski definition) is 0. The minimum atomic E-state index is 0.922. The third-order valence-corrected chi connectivity index (χ3v) is 10.4. The molecule has 0 aliphatic carbocycles. The summed E-state index contributed by atoms with van der Waals surface area (Å²) in [5, 5.41) is 7.43. The van der Waals surface area contributed by atoms with E-state index in [1.165, 1.54) is 69.9 Å². The number of hydrogen-bond acceptors (Lipinski definition) is 2. The fourth-order valence-electron chi connectivity index (χ4n) is 7.18. The Balaban J connectivity index is 1.25. The van der Waals surface area contributed by atoms with Crippen LogP contribution in [0.15, 0.2) is 156 Å². The summed E-state index contributed by atoms with van der Waals surface area (Å²) in [6, 6.07) is 54.7. The molecule has 0 aliphatic rings. The van der Waals surface area contributed by atoms with E-state index in [-0.39, 0.29) is 0 Å². The Morgan fingerprint density at radius 3 is 2.11 bits per heavy atom. The van der Waals surface area contributed by atoms with Gasteiger partial charge in [0.25, 0.3) is 0 Å². The molecule has 10 aromatic rings. The first-order valence-corrected chi connectivity index (χ1v) is 16.1. The predicted molar refractivity (Wildman–Crippen MR) is 192 cm³/mol. The molecule has 3 heteroatoms. The van der Waals surface area contributed by atoms with Gasteiger partial charge in [-0.05, 0) is 64.7 Å². The summed E-state index contributed by atoms with van der Waals surface area (Å²) >= 11 is 1.88. The number of para-hydroxylation sites is 2. The van der Waals surface area contributed by atoms with Gasteiger partial charge in [-0.1, -0.05) is 109 Å². The first-order chi connectivity index (χ1) is 22.3. The number of fused-ring (bicyclic) bond motifs is 9. The molecule has 3 heterocycles. The van der Waals surface area contributed by atoms with Crippen LogP contribution in [0.4, 0.5) is 0 Å². The molecule has 0 saturated carbocycles. The predicted octanol–water partition coefficient (Wildman–Crippen LogP) is 12.4. The van der Waals surface area contributed by atoms with Crippen molar-refractivity contribution in [2.75, 3.05) is 0 Å². The number of rotatable bonds is 3. The van der Waals surface area contributed by atoms with Gasteiger partial charge in [-0.25, -0.2) is 0 Å². The van der Waals surface area contributed by atoms with Crippen molar-refractivity contribution in [1.29, 1.82) is 0 Å². The zero-order valence-electron chi connectivity index (χ0n) is 24.2. The van der Waals surface area contributed by atoms with Crippen molar-refractivity contribution in [3.8, 4) is 27.9 Å². The Morgan fingerprint density at radius 2 is 1.18 bits per heavy atom. The minimum absolute atomic E-state index is 0.922. The summed E-state index contributed by atoms with van der Waals surface area (Å²) in [7, 11) is 0. The van der Waals surface area contributed by atoms with Crippen molar-refractivity contribution in [2.45, 2.75) is 0 Å². The van der Waals surface area contributed by atoms with E-state index in [9.17, 15) is 0 Å². The fraction of sp³-hybridized carbons (Fsp3) is 0. The topological polar surface area (TPSA) is 18.1 Å². The Morgan fingerprint density at radius 1 is 0.444 bits per heavy atom. The molecule has 0 bridgehead atoms. The van der Waals surface area contributed by atoms with E-state index in [2.05, 4.69) is 144 Å². The van der Waals surface area contributed by atoms with E-state index < -0.39 is 0 Å². The Hall–Kier alpha value is -5.64. The highest BCUT2D eigenvalue weighted by Gasteiger charge is 2.19. The smallest absolute Gasteiger partial charge is 0.135 e. The zero-order chi connectivity index (χ0) is 29.5. The van der Waals surface area contributed by atoms with Crippen LogP contribution in [0.2, 0.25) is 0 Å². The van der Waals surface area contributed by atoms with Gasteiger partial charge in [-0.2, -0.15) is 0 Å². The molecule has 0 fully saturated rings. The lowest BCUT2D eigenvalue weighted by Gasteiger charge is -2.11. The van der Waals surface area contributed by atoms with Gasteiger partial charge in [0, 0.05) is 37.0 Å². The van der Waals surface area contributed by atoms with Crippen LogP contribution < -0.4 is 0 Å². The van der Waals surface area contributed by atoms with Gasteiger partial charge in [-0.3, -0.25) is 0 Å². The molecule has 10 rings (SSSR count). The van der Waals surface area contributed by atoms with Crippen LogP contribution >= 0.6 is 11.3 Å². The Labute approximate surface area is 263 Å². The normalized spacial score (nSPS) is 12.0. The number of furan rings is 1. The van der Waals surface area contributed by atoms with Gasteiger partial charge in [0.05, 0.1) is 21.4 Å². The van der Waals surface area contributed by atoms with E-state index in [0.717, 1.165) is 21.9 Å². The quantitative estimate of drug-likeness (QED) is 0.200. The molecule has 0 spiro atoms. The monoisotopic (exact) mass is 591 g/mol. The van der Waals surface area contributed by atoms with Crippen LogP contribution in [0.3, 0.4) is 0 Å². The summed E-state index contributed by atoms with van der Waals surface area (Å²) < 4.78 is 11.2. The van der Waals surface area contributed by atoms with Crippen molar-refractivity contribution >= 4 is 75.3 Å². The van der Waals surface area contributed by atoms with Crippen molar-refractivity contribution in [2.24, 2.45) is 0 Å². The van der Waals surface area contributed by atoms with Crippen LogP contribution in [0.5, 0.6) is 0 Å². The molecule has 0 amide bonds. The van der Waals surface area contributed by atoms with E-state index in [1.807, 2.05) is 23.5 Å². The van der Waals surface area contributed by atoms with E-state index in [4.69, 9.17) is 4.42 Å². The lowest BCUT2D eigenvalue weighted by Crippen LogP contribution is -1.94. The molecule has 0 N–H and O–H groups in total. The highest BCUT2D eigenvalue weighted by Crippen LogP contribution is 2.45. The van der Waals surface area contributed by atoms with Crippen LogP contribution in [0, 0.1) is 0 Å². The van der Waals surface area contributed by atoms with Gasteiger partial charge in [0.2, 0.25) is 0 Å². The first-order valence-electron chi connectivity index (χ1n) is 15.3. The van der Waals surface area contributed by atoms with Crippen molar-refractivity contribution < 1.29 is 4.42 Å². The molecule has 45 heavy (non-hydrogen) atoms. The maximum absolute atomic E-state index is 6.15. The molecular formula is C42H25NOS. The van der Waals surface area contributed by atoms with Crippen LogP contribution in [-0.2, 0) is 0 Å². The molecule has 7 aromatic carbocycles. The summed E-state index contributed by atoms with van der Waals surface area (Å²) in [5.41, 5.74) is 10.4. The minimum Gasteiger partial charge on any atom is -0.456 e. The molecule has 0 atom stereocenters. The average molecular weight is 592 g/mol. The average Bonchev–Trinajstić information content (AvgIpc) is 3.77. The lowest BCUT2D eigenvalue weighted by molar-refractivity contribution is 0.669. The maximum Gasteiger partial charge on any atom is 0.135 e. The summed E-state index contributed by atoms with van der Waals surface area (Å²) in [4.78, 5) is 0. The Bertz CT molecular complexity index is 2760. The third kappa shape index (κ3) is 3.62. The van der Waals surface area contributed by atoms with Crippen LogP contribution in [0.25, 0.3) is 91.9 Å². The standard InChI is InChI=1S/C42H25NOS/c1-2-10-26(11-3-1)27-20-22-31-30-12-4-6-16-35(30)43(37(31)25-27)36-17-8-15-33-41-29(14-9-19-40(41)45-42(33)36)28-21-23-39-34(24-28)32-13-5-7-18-38(32)44-39/h1-25H. The lowest BCUT2D eigenvalue weighted by atomic mass is 9.98. The van der Waals surface area contributed by atoms with Gasteiger partial charge < -0.3 is 8.98 Å². The molecule has 0 aliphatic heterocycles. The number of benzene rings is 7. The molecular weight excluding hydrogens is 567 g/mol. The summed E-state index contributed by atoms with van der Waals surface area (Å²) in [6.07, 6.45) is 0. The summed E-state index contributed by atoms with van der Waals surface area (Å²) in [6.45, 7) is 0. The Kier molecular flexibility index (Phi) is 5.19. The van der Waals surface area contributed by atoms with Crippen LogP contribution in [-0.4, -0.2) is 4.57 Å². The van der Waals surface area contributed by atoms with Crippen molar-refractivity contribution in [1.82, 2.24) is 4.57 Å². The molecule has 0 unspecified atom stereocenters. The largest absolute Gasteiger partial charge is 0.456 e. The summed E-state index contributed by atoms with van der Waals surface area (Å²) in [5.74, 6) is 0. The molecule has 2 nitrogen and oxygen atoms in total. The number of aromatic nitrogens is 1. The van der Waals surface area contributed by atoms with Gasteiger partial charge >= 0.3 is 0 Å². The highest BCUT2D eigenvalue weighted by molar-refractivity contribution is 7.26. The van der Waals surface area contributed by atoms with E-state index in [0.29, 0.717) is 0 Å².